The SMILES string of the molecule is Cc1ccc(N(c2ccc(C)cc2)c2cc3c4c(c2)-n2c(C)c(C)c5c(N(c6ccc(C(C)(C)C)cc6)c6ccc(C(C)(C)C)cc6)ccc(c52)B4c2ccc(N(c4ccc(C(C)(C)C)cc4)c4ccc(C(C)(C)C)cc4)c4c(C)c(C)n-3c24)cc1. The van der Waals surface area contributed by atoms with Gasteiger partial charge in [0.15, 0.2) is 0 Å². The number of anilines is 9. The van der Waals surface area contributed by atoms with Crippen molar-refractivity contribution >= 4 is 96.1 Å². The molecule has 86 heavy (non-hydrogen) atoms. The Bertz CT molecular complexity index is 4050. The van der Waals surface area contributed by atoms with Crippen LogP contribution >= 0.6 is 0 Å². The van der Waals surface area contributed by atoms with E-state index in [0.717, 1.165) is 39.8 Å². The number of hydrogen-bond donors (Lipinski definition) is 0. The quantitative estimate of drug-likeness (QED) is 0.134. The van der Waals surface area contributed by atoms with Crippen LogP contribution in [-0.4, -0.2) is 15.8 Å². The Kier molecular flexibility index (Phi) is 13.2. The van der Waals surface area contributed by atoms with Gasteiger partial charge in [-0.1, -0.05) is 179 Å². The van der Waals surface area contributed by atoms with E-state index < -0.39 is 0 Å². The molecule has 0 saturated heterocycles. The fraction of sp³-hybridized carbons (Fsp3) is 0.275. The molecular weight excluding hydrogens is 1040 g/mol. The van der Waals surface area contributed by atoms with Gasteiger partial charge in [-0.05, 0) is 210 Å². The van der Waals surface area contributed by atoms with E-state index in [-0.39, 0.29) is 28.4 Å². The summed E-state index contributed by atoms with van der Waals surface area (Å²) in [6.45, 7) is 41.3. The molecule has 0 unspecified atom stereocenters. The fourth-order valence-corrected chi connectivity index (χ4v) is 13.9. The number of benzene rings is 9. The summed E-state index contributed by atoms with van der Waals surface area (Å²) in [7, 11) is 0. The van der Waals surface area contributed by atoms with Gasteiger partial charge in [0.2, 0.25) is 0 Å². The van der Waals surface area contributed by atoms with Crippen molar-refractivity contribution in [3.8, 4) is 11.4 Å². The Labute approximate surface area is 512 Å². The van der Waals surface area contributed by atoms with Gasteiger partial charge >= 0.3 is 0 Å². The molecule has 13 rings (SSSR count). The molecule has 432 valence electrons. The first-order valence-corrected chi connectivity index (χ1v) is 31.1. The van der Waals surface area contributed by atoms with Crippen LogP contribution in [0.1, 0.15) is 139 Å². The summed E-state index contributed by atoms with van der Waals surface area (Å²) < 4.78 is 5.28. The van der Waals surface area contributed by atoms with Gasteiger partial charge in [-0.15, -0.1) is 0 Å². The molecule has 0 atom stereocenters. The molecular formula is C80H84BN5. The normalized spacial score (nSPS) is 13.0. The minimum Gasteiger partial charge on any atom is -0.314 e. The second-order valence-electron chi connectivity index (χ2n) is 29.1. The summed E-state index contributed by atoms with van der Waals surface area (Å²) in [5.41, 5.74) is 32.0. The van der Waals surface area contributed by atoms with Crippen LogP contribution in [0.5, 0.6) is 0 Å². The maximum atomic E-state index is 2.64. The molecule has 2 aromatic heterocycles. The predicted molar refractivity (Wildman–Crippen MR) is 372 cm³/mol. The lowest BCUT2D eigenvalue weighted by Gasteiger charge is -2.37. The van der Waals surface area contributed by atoms with E-state index in [1.165, 1.54) is 117 Å². The third-order valence-electron chi connectivity index (χ3n) is 19.1. The highest BCUT2D eigenvalue weighted by molar-refractivity contribution is 7.00. The second kappa shape index (κ2) is 20.1. The molecule has 6 heteroatoms. The summed E-state index contributed by atoms with van der Waals surface area (Å²) in [4.78, 5) is 7.51. The Morgan fingerprint density at radius 2 is 0.570 bits per heavy atom. The van der Waals surface area contributed by atoms with E-state index in [1.54, 1.807) is 0 Å². The fourth-order valence-electron chi connectivity index (χ4n) is 13.9. The lowest BCUT2D eigenvalue weighted by Crippen LogP contribution is -2.59. The minimum absolute atomic E-state index is 0.0163. The third kappa shape index (κ3) is 9.20. The average molecular weight is 1130 g/mol. The summed E-state index contributed by atoms with van der Waals surface area (Å²) in [5.74, 6) is 0. The van der Waals surface area contributed by atoms with Gasteiger partial charge in [0.1, 0.15) is 0 Å². The lowest BCUT2D eigenvalue weighted by atomic mass is 9.34. The monoisotopic (exact) mass is 1130 g/mol. The number of fused-ring (bicyclic) bond motifs is 4. The van der Waals surface area contributed by atoms with Crippen molar-refractivity contribution in [3.63, 3.8) is 0 Å². The third-order valence-corrected chi connectivity index (χ3v) is 19.1. The number of hydrogen-bond acceptors (Lipinski definition) is 3. The zero-order valence-corrected chi connectivity index (χ0v) is 54.1. The number of aryl methyl sites for hydroxylation is 4. The minimum atomic E-state index is -0.0760. The van der Waals surface area contributed by atoms with Crippen LogP contribution in [0.4, 0.5) is 51.2 Å². The zero-order chi connectivity index (χ0) is 60.8. The molecule has 0 radical (unpaired) electrons. The van der Waals surface area contributed by atoms with Crippen molar-refractivity contribution in [2.24, 2.45) is 0 Å². The van der Waals surface area contributed by atoms with E-state index in [1.807, 2.05) is 0 Å². The molecule has 0 N–H and O–H groups in total. The molecule has 0 saturated carbocycles. The van der Waals surface area contributed by atoms with E-state index in [4.69, 9.17) is 0 Å². The van der Waals surface area contributed by atoms with E-state index in [0.29, 0.717) is 0 Å². The standard InChI is InChI=1S/C80H84BN5/c1-49-19-31-59(32-20-49)84(60-33-21-50(2)22-34-60)65-47-70-74-71(48-65)83-54(6)52(4)73-69(86(63-39-27-57(28-40-63)79(13,14)15)64-41-29-58(30-42-64)80(16,17)18)46-44-67(76(73)83)81(74)66-43-45-68(72-51(3)53(5)82(70)75(66)72)85(61-35-23-55(24-36-61)77(7,8)9)62-37-25-56(26-38-62)78(10,11)12/h19-48H,1-18H3. The van der Waals surface area contributed by atoms with Crippen molar-refractivity contribution in [2.75, 3.05) is 14.7 Å². The van der Waals surface area contributed by atoms with E-state index in [2.05, 4.69) is 330 Å². The molecule has 11 aromatic rings. The van der Waals surface area contributed by atoms with Crippen LogP contribution in [0.2, 0.25) is 0 Å². The van der Waals surface area contributed by atoms with Crippen molar-refractivity contribution in [1.29, 1.82) is 0 Å². The van der Waals surface area contributed by atoms with Crippen LogP contribution in [-0.2, 0) is 21.7 Å². The van der Waals surface area contributed by atoms with E-state index >= 15 is 0 Å². The largest absolute Gasteiger partial charge is 0.314 e. The molecule has 4 heterocycles. The summed E-state index contributed by atoms with van der Waals surface area (Å²) in [6, 6.07) is 70.3. The first-order valence-electron chi connectivity index (χ1n) is 31.1. The van der Waals surface area contributed by atoms with Crippen LogP contribution in [0.3, 0.4) is 0 Å². The lowest BCUT2D eigenvalue weighted by molar-refractivity contribution is 0.590. The molecule has 5 nitrogen and oxygen atoms in total. The van der Waals surface area contributed by atoms with Crippen LogP contribution in [0, 0.1) is 41.5 Å². The number of rotatable bonds is 9. The highest BCUT2D eigenvalue weighted by Gasteiger charge is 2.43. The van der Waals surface area contributed by atoms with E-state index in [9.17, 15) is 0 Å². The van der Waals surface area contributed by atoms with Crippen molar-refractivity contribution in [1.82, 2.24) is 9.13 Å². The Morgan fingerprint density at radius 3 is 0.849 bits per heavy atom. The number of nitrogens with zero attached hydrogens (tertiary/aromatic N) is 5. The summed E-state index contributed by atoms with van der Waals surface area (Å²) in [6.07, 6.45) is 0. The Hall–Kier alpha value is -8.48. The Morgan fingerprint density at radius 1 is 0.302 bits per heavy atom. The zero-order valence-electron chi connectivity index (χ0n) is 54.1. The predicted octanol–water partition coefficient (Wildman–Crippen LogP) is 20.2. The first-order chi connectivity index (χ1) is 40.7. The molecule has 2 aliphatic rings. The second-order valence-corrected chi connectivity index (χ2v) is 29.1. The maximum Gasteiger partial charge on any atom is 0.252 e. The van der Waals surface area contributed by atoms with Gasteiger partial charge in [0.25, 0.3) is 6.71 Å². The van der Waals surface area contributed by atoms with Gasteiger partial charge in [-0.2, -0.15) is 0 Å². The van der Waals surface area contributed by atoms with Crippen molar-refractivity contribution in [3.05, 3.63) is 238 Å². The topological polar surface area (TPSA) is 19.6 Å². The molecule has 0 aliphatic carbocycles. The highest BCUT2D eigenvalue weighted by atomic mass is 15.2. The van der Waals surface area contributed by atoms with Crippen LogP contribution < -0.4 is 31.1 Å². The van der Waals surface area contributed by atoms with Gasteiger partial charge in [-0.25, -0.2) is 0 Å². The average Bonchev–Trinajstić information content (AvgIpc) is 1.42. The van der Waals surface area contributed by atoms with Gasteiger partial charge in [0.05, 0.1) is 28.1 Å². The molecule has 2 aliphatic heterocycles. The molecule has 9 aromatic carbocycles. The first kappa shape index (κ1) is 56.6. The smallest absolute Gasteiger partial charge is 0.252 e. The Balaban J connectivity index is 1.12. The summed E-state index contributed by atoms with van der Waals surface area (Å²) >= 11 is 0. The summed E-state index contributed by atoms with van der Waals surface area (Å²) in [5, 5.41) is 2.55. The van der Waals surface area contributed by atoms with Crippen molar-refractivity contribution < 1.29 is 0 Å². The van der Waals surface area contributed by atoms with Gasteiger partial charge in [-0.3, -0.25) is 0 Å². The molecule has 0 fully saturated rings. The van der Waals surface area contributed by atoms with Crippen LogP contribution in [0.25, 0.3) is 33.2 Å². The van der Waals surface area contributed by atoms with Gasteiger partial charge < -0.3 is 23.8 Å². The highest BCUT2D eigenvalue weighted by Crippen LogP contribution is 2.49. The molecule has 0 bridgehead atoms. The van der Waals surface area contributed by atoms with Gasteiger partial charge in [0, 0.05) is 67.7 Å². The van der Waals surface area contributed by atoms with Crippen LogP contribution in [0.15, 0.2) is 182 Å². The molecule has 0 spiro atoms. The molecule has 0 amide bonds. The maximum absolute atomic E-state index is 2.64. The van der Waals surface area contributed by atoms with Crippen molar-refractivity contribution in [2.45, 2.75) is 146 Å². The number of aromatic nitrogens is 2.